The number of amides is 2. The second kappa shape index (κ2) is 10.2. The summed E-state index contributed by atoms with van der Waals surface area (Å²) in [6, 6.07) is 19.7. The van der Waals surface area contributed by atoms with Gasteiger partial charge in [-0.1, -0.05) is 48.5 Å². The number of nitrogens with zero attached hydrogens (tertiary/aromatic N) is 2. The standard InChI is InChI=1S/C29H28F2N2O3/c1-19-7-12-26(25(31)13-19)32-17-27(34)33(16-20-8-10-23(30)11-9-20)28(29(32)35)22-14-24(15-22)36-18-21-5-3-2-4-6-21/h2-13,22,24,28H,14-18H2,1H3. The van der Waals surface area contributed by atoms with E-state index in [9.17, 15) is 18.4 Å². The molecule has 0 radical (unpaired) electrons. The van der Waals surface area contributed by atoms with Crippen LogP contribution < -0.4 is 4.90 Å². The average Bonchev–Trinajstić information content (AvgIpc) is 2.84. The van der Waals surface area contributed by atoms with Crippen LogP contribution in [0.2, 0.25) is 0 Å². The molecule has 1 aliphatic carbocycles. The number of rotatable bonds is 7. The third-order valence-corrected chi connectivity index (χ3v) is 7.04. The van der Waals surface area contributed by atoms with Crippen molar-refractivity contribution in [3.63, 3.8) is 0 Å². The molecule has 2 fully saturated rings. The normalized spacial score (nSPS) is 22.0. The van der Waals surface area contributed by atoms with Crippen molar-refractivity contribution in [2.24, 2.45) is 5.92 Å². The summed E-state index contributed by atoms with van der Waals surface area (Å²) in [5.74, 6) is -1.57. The van der Waals surface area contributed by atoms with E-state index >= 15 is 0 Å². The number of hydrogen-bond acceptors (Lipinski definition) is 3. The first-order chi connectivity index (χ1) is 17.4. The van der Waals surface area contributed by atoms with Gasteiger partial charge in [0.1, 0.15) is 24.2 Å². The first kappa shape index (κ1) is 24.1. The molecule has 0 N–H and O–H groups in total. The van der Waals surface area contributed by atoms with E-state index in [1.807, 2.05) is 30.3 Å². The number of hydrogen-bond donors (Lipinski definition) is 0. The lowest BCUT2D eigenvalue weighted by Gasteiger charge is -2.48. The lowest BCUT2D eigenvalue weighted by molar-refractivity contribution is -0.151. The molecule has 1 saturated carbocycles. The summed E-state index contributed by atoms with van der Waals surface area (Å²) < 4.78 is 34.2. The predicted octanol–water partition coefficient (Wildman–Crippen LogP) is 5.01. The Balaban J connectivity index is 1.36. The monoisotopic (exact) mass is 490 g/mol. The number of anilines is 1. The van der Waals surface area contributed by atoms with Crippen LogP contribution in [0.4, 0.5) is 14.5 Å². The maximum atomic E-state index is 14.8. The van der Waals surface area contributed by atoms with Crippen LogP contribution in [-0.2, 0) is 27.5 Å². The molecule has 1 aliphatic heterocycles. The van der Waals surface area contributed by atoms with Crippen molar-refractivity contribution >= 4 is 17.5 Å². The van der Waals surface area contributed by atoms with Crippen LogP contribution in [0.5, 0.6) is 0 Å². The van der Waals surface area contributed by atoms with Gasteiger partial charge in [-0.15, -0.1) is 0 Å². The fourth-order valence-electron chi connectivity index (χ4n) is 5.00. The van der Waals surface area contributed by atoms with E-state index in [1.165, 1.54) is 23.1 Å². The fraction of sp³-hybridized carbons (Fsp3) is 0.310. The number of carbonyl (C=O) groups excluding carboxylic acids is 2. The van der Waals surface area contributed by atoms with E-state index < -0.39 is 11.9 Å². The molecule has 5 nitrogen and oxygen atoms in total. The zero-order valence-electron chi connectivity index (χ0n) is 20.1. The largest absolute Gasteiger partial charge is 0.374 e. The van der Waals surface area contributed by atoms with Crippen LogP contribution in [0.3, 0.4) is 0 Å². The minimum Gasteiger partial charge on any atom is -0.374 e. The summed E-state index contributed by atoms with van der Waals surface area (Å²) in [6.07, 6.45) is 1.23. The minimum atomic E-state index is -0.742. The van der Waals surface area contributed by atoms with Gasteiger partial charge < -0.3 is 9.64 Å². The number of ether oxygens (including phenoxy) is 1. The number of aryl methyl sites for hydroxylation is 1. The van der Waals surface area contributed by atoms with Crippen LogP contribution in [0.1, 0.15) is 29.5 Å². The highest BCUT2D eigenvalue weighted by atomic mass is 19.1. The molecule has 2 amide bonds. The Morgan fingerprint density at radius 3 is 2.33 bits per heavy atom. The van der Waals surface area contributed by atoms with E-state index in [0.717, 1.165) is 16.7 Å². The Morgan fingerprint density at radius 1 is 0.917 bits per heavy atom. The summed E-state index contributed by atoms with van der Waals surface area (Å²) in [5.41, 5.74) is 2.65. The number of benzene rings is 3. The van der Waals surface area contributed by atoms with Crippen molar-refractivity contribution in [2.75, 3.05) is 11.4 Å². The molecule has 5 rings (SSSR count). The molecule has 36 heavy (non-hydrogen) atoms. The molecule has 3 aromatic carbocycles. The van der Waals surface area contributed by atoms with Crippen LogP contribution in [-0.4, -0.2) is 35.4 Å². The van der Waals surface area contributed by atoms with Gasteiger partial charge in [0.05, 0.1) is 18.4 Å². The van der Waals surface area contributed by atoms with Crippen molar-refractivity contribution < 1.29 is 23.1 Å². The number of carbonyl (C=O) groups is 2. The van der Waals surface area contributed by atoms with Crippen molar-refractivity contribution in [1.82, 2.24) is 4.90 Å². The average molecular weight is 491 g/mol. The Hall–Kier alpha value is -3.58. The Bertz CT molecular complexity index is 1240. The summed E-state index contributed by atoms with van der Waals surface area (Å²) in [5, 5.41) is 0. The molecule has 0 aromatic heterocycles. The Kier molecular flexibility index (Phi) is 6.83. The molecule has 7 heteroatoms. The van der Waals surface area contributed by atoms with Crippen molar-refractivity contribution in [3.05, 3.63) is 101 Å². The quantitative estimate of drug-likeness (QED) is 0.468. The summed E-state index contributed by atoms with van der Waals surface area (Å²) in [4.78, 5) is 29.9. The van der Waals surface area contributed by atoms with Gasteiger partial charge in [-0.2, -0.15) is 0 Å². The molecule has 0 bridgehead atoms. The summed E-state index contributed by atoms with van der Waals surface area (Å²) in [7, 11) is 0. The highest BCUT2D eigenvalue weighted by Gasteiger charge is 2.49. The highest BCUT2D eigenvalue weighted by Crippen LogP contribution is 2.39. The maximum absolute atomic E-state index is 14.8. The van der Waals surface area contributed by atoms with Gasteiger partial charge in [0.15, 0.2) is 0 Å². The van der Waals surface area contributed by atoms with Gasteiger partial charge in [0.25, 0.3) is 5.91 Å². The number of halogens is 2. The molecule has 1 unspecified atom stereocenters. The van der Waals surface area contributed by atoms with Crippen molar-refractivity contribution in [1.29, 1.82) is 0 Å². The van der Waals surface area contributed by atoms with E-state index in [2.05, 4.69) is 0 Å². The first-order valence-corrected chi connectivity index (χ1v) is 12.2. The molecule has 2 aliphatic rings. The third kappa shape index (κ3) is 5.02. The highest BCUT2D eigenvalue weighted by molar-refractivity contribution is 6.06. The van der Waals surface area contributed by atoms with Gasteiger partial charge in [0.2, 0.25) is 5.91 Å². The van der Waals surface area contributed by atoms with Crippen LogP contribution in [0.15, 0.2) is 72.8 Å². The minimum absolute atomic E-state index is 0.0164. The topological polar surface area (TPSA) is 49.9 Å². The molecule has 1 atom stereocenters. The second-order valence-corrected chi connectivity index (χ2v) is 9.62. The maximum Gasteiger partial charge on any atom is 0.250 e. The Labute approximate surface area is 209 Å². The Morgan fingerprint density at radius 2 is 1.64 bits per heavy atom. The van der Waals surface area contributed by atoms with Gasteiger partial charge >= 0.3 is 0 Å². The SMILES string of the molecule is Cc1ccc(N2CC(=O)N(Cc3ccc(F)cc3)C(C3CC(OCc4ccccc4)C3)C2=O)c(F)c1. The van der Waals surface area contributed by atoms with Crippen LogP contribution >= 0.6 is 0 Å². The molecule has 186 valence electrons. The van der Waals surface area contributed by atoms with E-state index in [4.69, 9.17) is 4.74 Å². The molecule has 0 spiro atoms. The third-order valence-electron chi connectivity index (χ3n) is 7.04. The zero-order chi connectivity index (χ0) is 25.2. The lowest BCUT2D eigenvalue weighted by atomic mass is 9.75. The molecule has 3 aromatic rings. The second-order valence-electron chi connectivity index (χ2n) is 9.62. The fourth-order valence-corrected chi connectivity index (χ4v) is 5.00. The van der Waals surface area contributed by atoms with Crippen LogP contribution in [0, 0.1) is 24.5 Å². The van der Waals surface area contributed by atoms with E-state index in [-0.39, 0.29) is 48.4 Å². The van der Waals surface area contributed by atoms with Crippen molar-refractivity contribution in [3.8, 4) is 0 Å². The first-order valence-electron chi connectivity index (χ1n) is 12.2. The van der Waals surface area contributed by atoms with Crippen LogP contribution in [0.25, 0.3) is 0 Å². The predicted molar refractivity (Wildman–Crippen MR) is 132 cm³/mol. The molecule has 1 heterocycles. The van der Waals surface area contributed by atoms with Gasteiger partial charge in [-0.3, -0.25) is 14.5 Å². The summed E-state index contributed by atoms with van der Waals surface area (Å²) in [6.45, 7) is 2.20. The van der Waals surface area contributed by atoms with Gasteiger partial charge in [0, 0.05) is 6.54 Å². The zero-order valence-corrected chi connectivity index (χ0v) is 20.1. The molecular formula is C29H28F2N2O3. The van der Waals surface area contributed by atoms with E-state index in [0.29, 0.717) is 19.4 Å². The van der Waals surface area contributed by atoms with E-state index in [1.54, 1.807) is 36.1 Å². The summed E-state index contributed by atoms with van der Waals surface area (Å²) >= 11 is 0. The van der Waals surface area contributed by atoms with Gasteiger partial charge in [-0.25, -0.2) is 8.78 Å². The lowest BCUT2D eigenvalue weighted by Crippen LogP contribution is -2.64. The number of piperazine rings is 1. The smallest absolute Gasteiger partial charge is 0.250 e. The molecule has 1 saturated heterocycles. The van der Waals surface area contributed by atoms with Gasteiger partial charge in [-0.05, 0) is 66.6 Å². The molecular weight excluding hydrogens is 462 g/mol. The van der Waals surface area contributed by atoms with Crippen molar-refractivity contribution in [2.45, 2.75) is 45.1 Å².